The summed E-state index contributed by atoms with van der Waals surface area (Å²) in [6.45, 7) is 0. The fourth-order valence-corrected chi connectivity index (χ4v) is 6.26. The summed E-state index contributed by atoms with van der Waals surface area (Å²) in [5, 5.41) is 10.9. The van der Waals surface area contributed by atoms with Crippen molar-refractivity contribution in [1.82, 2.24) is 0 Å². The highest BCUT2D eigenvalue weighted by atomic mass is 32.1. The molecule has 0 aromatic rings. The predicted octanol–water partition coefficient (Wildman–Crippen LogP) is 3.88. The third-order valence-electron chi connectivity index (χ3n) is 6.89. The first kappa shape index (κ1) is 11.8. The minimum atomic E-state index is -0.267. The molecule has 0 radical (unpaired) electrons. The van der Waals surface area contributed by atoms with Crippen LogP contribution >= 0.6 is 12.2 Å². The monoisotopic (exact) mass is 264 g/mol. The van der Waals surface area contributed by atoms with Gasteiger partial charge in [-0.15, -0.1) is 0 Å². The largest absolute Gasteiger partial charge is 0.387 e. The first-order valence-corrected chi connectivity index (χ1v) is 8.27. The van der Waals surface area contributed by atoms with Gasteiger partial charge in [-0.1, -0.05) is 12.2 Å². The van der Waals surface area contributed by atoms with Crippen LogP contribution in [0.5, 0.6) is 0 Å². The van der Waals surface area contributed by atoms with E-state index in [9.17, 15) is 5.11 Å². The predicted molar refractivity (Wildman–Crippen MR) is 76.6 cm³/mol. The standard InChI is InChI=1S/C16H24OS/c17-13(15-5-1-11(9-15)2-6-15)14(18)16-7-3-12(10-16)4-8-16/h11-13,17H,1-10H2. The third kappa shape index (κ3) is 1.45. The zero-order valence-electron chi connectivity index (χ0n) is 11.2. The summed E-state index contributed by atoms with van der Waals surface area (Å²) < 4.78 is 0. The van der Waals surface area contributed by atoms with Crippen molar-refractivity contribution in [3.8, 4) is 0 Å². The SMILES string of the molecule is OC(C(=S)C12CCC(CC1)C2)C12CCC(CC1)C2. The summed E-state index contributed by atoms with van der Waals surface area (Å²) >= 11 is 5.82. The molecule has 4 fully saturated rings. The molecule has 4 rings (SSSR count). The lowest BCUT2D eigenvalue weighted by molar-refractivity contribution is 0.0781. The van der Waals surface area contributed by atoms with Crippen LogP contribution in [-0.4, -0.2) is 16.1 Å². The van der Waals surface area contributed by atoms with Crippen LogP contribution in [0.25, 0.3) is 0 Å². The molecule has 0 aromatic carbocycles. The van der Waals surface area contributed by atoms with Crippen molar-refractivity contribution in [1.29, 1.82) is 0 Å². The number of hydrogen-bond donors (Lipinski definition) is 1. The molecular weight excluding hydrogens is 240 g/mol. The quantitative estimate of drug-likeness (QED) is 0.781. The van der Waals surface area contributed by atoms with Crippen molar-refractivity contribution in [2.75, 3.05) is 0 Å². The highest BCUT2D eigenvalue weighted by Crippen LogP contribution is 2.60. The van der Waals surface area contributed by atoms with Gasteiger partial charge in [-0.3, -0.25) is 0 Å². The molecule has 1 nitrogen and oxygen atoms in total. The molecule has 0 spiro atoms. The van der Waals surface area contributed by atoms with Crippen LogP contribution in [0.1, 0.15) is 64.2 Å². The average Bonchev–Trinajstić information content (AvgIpc) is 3.16. The van der Waals surface area contributed by atoms with Gasteiger partial charge in [0.25, 0.3) is 0 Å². The topological polar surface area (TPSA) is 20.2 Å². The fourth-order valence-electron chi connectivity index (χ4n) is 5.73. The molecule has 0 heterocycles. The molecule has 1 N–H and O–H groups in total. The normalized spacial score (nSPS) is 50.9. The molecule has 1 atom stereocenters. The number of hydrogen-bond acceptors (Lipinski definition) is 2. The van der Waals surface area contributed by atoms with E-state index in [0.717, 1.165) is 16.7 Å². The van der Waals surface area contributed by atoms with Crippen LogP contribution in [-0.2, 0) is 0 Å². The van der Waals surface area contributed by atoms with Gasteiger partial charge < -0.3 is 5.11 Å². The lowest BCUT2D eigenvalue weighted by atomic mass is 9.70. The summed E-state index contributed by atoms with van der Waals surface area (Å²) in [7, 11) is 0. The Balaban J connectivity index is 1.58. The molecule has 0 amide bonds. The van der Waals surface area contributed by atoms with Crippen LogP contribution in [0.3, 0.4) is 0 Å². The highest BCUT2D eigenvalue weighted by Gasteiger charge is 2.56. The molecule has 0 saturated heterocycles. The lowest BCUT2D eigenvalue weighted by Crippen LogP contribution is -2.44. The van der Waals surface area contributed by atoms with E-state index in [4.69, 9.17) is 12.2 Å². The molecule has 0 aliphatic heterocycles. The summed E-state index contributed by atoms with van der Waals surface area (Å²) in [5.41, 5.74) is 0.478. The van der Waals surface area contributed by atoms with Gasteiger partial charge in [-0.25, -0.2) is 0 Å². The van der Waals surface area contributed by atoms with E-state index in [1.54, 1.807) is 0 Å². The molecule has 0 aromatic heterocycles. The van der Waals surface area contributed by atoms with Crippen molar-refractivity contribution in [2.45, 2.75) is 70.3 Å². The second-order valence-corrected chi connectivity index (χ2v) is 8.14. The average molecular weight is 264 g/mol. The smallest absolute Gasteiger partial charge is 0.0913 e. The fraction of sp³-hybridized carbons (Fsp3) is 0.938. The van der Waals surface area contributed by atoms with Gasteiger partial charge in [0, 0.05) is 15.7 Å². The number of rotatable bonds is 3. The molecule has 2 heteroatoms. The Labute approximate surface area is 115 Å². The Kier molecular flexibility index (Phi) is 2.49. The molecule has 4 aliphatic rings. The van der Waals surface area contributed by atoms with Crippen molar-refractivity contribution < 1.29 is 5.11 Å². The zero-order valence-corrected chi connectivity index (χ0v) is 12.0. The summed E-state index contributed by atoms with van der Waals surface area (Å²) in [6, 6.07) is 0. The van der Waals surface area contributed by atoms with Gasteiger partial charge in [0.05, 0.1) is 6.10 Å². The molecular formula is C16H24OS. The van der Waals surface area contributed by atoms with Crippen LogP contribution in [0.2, 0.25) is 0 Å². The molecule has 4 aliphatic carbocycles. The second kappa shape index (κ2) is 3.79. The van der Waals surface area contributed by atoms with Gasteiger partial charge in [-0.2, -0.15) is 0 Å². The maximum atomic E-state index is 10.9. The Hall–Kier alpha value is 0.0500. The van der Waals surface area contributed by atoms with E-state index in [1.807, 2.05) is 0 Å². The van der Waals surface area contributed by atoms with Crippen molar-refractivity contribution in [2.24, 2.45) is 22.7 Å². The second-order valence-electron chi connectivity index (χ2n) is 7.70. The first-order chi connectivity index (χ1) is 8.64. The first-order valence-electron chi connectivity index (χ1n) is 7.86. The van der Waals surface area contributed by atoms with E-state index in [-0.39, 0.29) is 16.9 Å². The summed E-state index contributed by atoms with van der Waals surface area (Å²) in [4.78, 5) is 1.07. The molecule has 1 unspecified atom stereocenters. The van der Waals surface area contributed by atoms with Gasteiger partial charge in [0.1, 0.15) is 0 Å². The molecule has 4 bridgehead atoms. The van der Waals surface area contributed by atoms with Crippen LogP contribution < -0.4 is 0 Å². The summed E-state index contributed by atoms with van der Waals surface area (Å²) in [5.74, 6) is 1.83. The number of thiocarbonyl (C=S) groups is 1. The van der Waals surface area contributed by atoms with Crippen LogP contribution in [0.4, 0.5) is 0 Å². The highest BCUT2D eigenvalue weighted by molar-refractivity contribution is 7.80. The number of fused-ring (bicyclic) bond motifs is 4. The Morgan fingerprint density at radius 1 is 0.944 bits per heavy atom. The van der Waals surface area contributed by atoms with E-state index in [1.165, 1.54) is 64.2 Å². The van der Waals surface area contributed by atoms with Gasteiger partial charge >= 0.3 is 0 Å². The maximum Gasteiger partial charge on any atom is 0.0913 e. The van der Waals surface area contributed by atoms with Crippen LogP contribution in [0, 0.1) is 22.7 Å². The van der Waals surface area contributed by atoms with Crippen molar-refractivity contribution in [3.63, 3.8) is 0 Å². The molecule has 18 heavy (non-hydrogen) atoms. The minimum Gasteiger partial charge on any atom is -0.387 e. The Morgan fingerprint density at radius 3 is 1.94 bits per heavy atom. The Bertz CT molecular complexity index is 373. The lowest BCUT2D eigenvalue weighted by Gasteiger charge is -2.39. The van der Waals surface area contributed by atoms with E-state index in [0.29, 0.717) is 0 Å². The third-order valence-corrected chi connectivity index (χ3v) is 7.55. The Morgan fingerprint density at radius 2 is 1.50 bits per heavy atom. The van der Waals surface area contributed by atoms with Crippen molar-refractivity contribution in [3.05, 3.63) is 0 Å². The number of aliphatic hydroxyl groups excluding tert-OH is 1. The van der Waals surface area contributed by atoms with Gasteiger partial charge in [-0.05, 0) is 76.0 Å². The zero-order chi connectivity index (χ0) is 12.4. The maximum absolute atomic E-state index is 10.9. The van der Waals surface area contributed by atoms with Crippen LogP contribution in [0.15, 0.2) is 0 Å². The van der Waals surface area contributed by atoms with Gasteiger partial charge in [0.15, 0.2) is 0 Å². The van der Waals surface area contributed by atoms with E-state index < -0.39 is 0 Å². The van der Waals surface area contributed by atoms with E-state index >= 15 is 0 Å². The van der Waals surface area contributed by atoms with Gasteiger partial charge in [0.2, 0.25) is 0 Å². The molecule has 4 saturated carbocycles. The number of aliphatic hydroxyl groups is 1. The minimum absolute atomic E-state index is 0.206. The van der Waals surface area contributed by atoms with E-state index in [2.05, 4.69) is 0 Å². The summed E-state index contributed by atoms with van der Waals surface area (Å²) in [6.07, 6.45) is 12.7. The molecule has 100 valence electrons. The van der Waals surface area contributed by atoms with Crippen molar-refractivity contribution >= 4 is 17.1 Å².